The number of fused-ring (bicyclic) bond motifs is 1. The van der Waals surface area contributed by atoms with E-state index >= 15 is 0 Å². The number of carbonyl (C=O) groups is 1. The Morgan fingerprint density at radius 2 is 1.69 bits per heavy atom. The number of rotatable bonds is 3. The second-order valence-electron chi connectivity index (χ2n) is 5.69. The lowest BCUT2D eigenvalue weighted by Gasteiger charge is -2.14. The van der Waals surface area contributed by atoms with Gasteiger partial charge in [-0.3, -0.25) is 9.59 Å². The van der Waals surface area contributed by atoms with Gasteiger partial charge in [-0.15, -0.1) is 0 Å². The van der Waals surface area contributed by atoms with Crippen LogP contribution in [-0.2, 0) is 24.4 Å². The fourth-order valence-electron chi connectivity index (χ4n) is 2.69. The highest BCUT2D eigenvalue weighted by Gasteiger charge is 2.33. The molecule has 2 aromatic carbocycles. The summed E-state index contributed by atoms with van der Waals surface area (Å²) in [6.07, 6.45) is -4.84. The van der Waals surface area contributed by atoms with Crippen LogP contribution in [0.3, 0.4) is 0 Å². The first-order chi connectivity index (χ1) is 12.3. The molecule has 0 aliphatic rings. The van der Waals surface area contributed by atoms with E-state index in [2.05, 4.69) is 10.4 Å². The number of carbonyl (C=O) groups excluding carboxylic acids is 1. The van der Waals surface area contributed by atoms with Gasteiger partial charge in [-0.05, 0) is 18.2 Å². The normalized spacial score (nSPS) is 11.5. The van der Waals surface area contributed by atoms with Gasteiger partial charge in [0.2, 0.25) is 5.91 Å². The number of nitrogens with zero attached hydrogens (tertiary/aromatic N) is 2. The monoisotopic (exact) mass is 361 g/mol. The maximum Gasteiger partial charge on any atom is 0.418 e. The minimum atomic E-state index is -4.58. The predicted octanol–water partition coefficient (Wildman–Crippen LogP) is 3.13. The summed E-state index contributed by atoms with van der Waals surface area (Å²) in [5.41, 5.74) is -1.25. The van der Waals surface area contributed by atoms with Gasteiger partial charge >= 0.3 is 6.18 Å². The van der Waals surface area contributed by atoms with Gasteiger partial charge in [0, 0.05) is 12.4 Å². The van der Waals surface area contributed by atoms with Crippen LogP contribution < -0.4 is 10.9 Å². The molecule has 1 amide bonds. The summed E-state index contributed by atoms with van der Waals surface area (Å²) >= 11 is 0. The van der Waals surface area contributed by atoms with Crippen molar-refractivity contribution in [3.63, 3.8) is 0 Å². The number of nitrogens with one attached hydrogen (secondary N) is 1. The van der Waals surface area contributed by atoms with Crippen molar-refractivity contribution in [3.05, 3.63) is 70.1 Å². The van der Waals surface area contributed by atoms with Crippen LogP contribution in [0.15, 0.2) is 53.3 Å². The molecule has 1 N–H and O–H groups in total. The Bertz CT molecular complexity index is 1040. The lowest BCUT2D eigenvalue weighted by molar-refractivity contribution is -0.137. The number of anilines is 1. The Morgan fingerprint density at radius 1 is 1.08 bits per heavy atom. The molecule has 0 unspecified atom stereocenters. The van der Waals surface area contributed by atoms with Crippen LogP contribution in [0.1, 0.15) is 11.3 Å². The van der Waals surface area contributed by atoms with E-state index in [0.717, 1.165) is 10.7 Å². The highest BCUT2D eigenvalue weighted by molar-refractivity contribution is 5.95. The van der Waals surface area contributed by atoms with E-state index in [1.165, 1.54) is 25.2 Å². The molecule has 3 aromatic rings. The number of benzene rings is 2. The van der Waals surface area contributed by atoms with Crippen LogP contribution in [0, 0.1) is 0 Å². The molecule has 1 aromatic heterocycles. The maximum atomic E-state index is 13.0. The Balaban J connectivity index is 1.92. The molecule has 8 heteroatoms. The molecule has 0 aliphatic carbocycles. The van der Waals surface area contributed by atoms with Gasteiger partial charge in [0.25, 0.3) is 5.56 Å². The van der Waals surface area contributed by atoms with E-state index in [9.17, 15) is 22.8 Å². The van der Waals surface area contributed by atoms with E-state index in [1.54, 1.807) is 24.3 Å². The fourth-order valence-corrected chi connectivity index (χ4v) is 2.69. The standard InChI is InChI=1S/C18H14F3N3O2/c1-24-17(26)12-7-3-2-6-11(12)15(23-24)10-16(25)22-14-9-5-4-8-13(14)18(19,20)21/h2-9H,10H2,1H3,(H,22,25). The highest BCUT2D eigenvalue weighted by Crippen LogP contribution is 2.34. The summed E-state index contributed by atoms with van der Waals surface area (Å²) in [6, 6.07) is 11.4. The van der Waals surface area contributed by atoms with Crippen molar-refractivity contribution in [2.75, 3.05) is 5.32 Å². The predicted molar refractivity (Wildman–Crippen MR) is 90.8 cm³/mol. The Hall–Kier alpha value is -3.16. The van der Waals surface area contributed by atoms with Crippen LogP contribution in [-0.4, -0.2) is 15.7 Å². The van der Waals surface area contributed by atoms with Crippen LogP contribution in [0.25, 0.3) is 10.8 Å². The van der Waals surface area contributed by atoms with Crippen molar-refractivity contribution in [1.82, 2.24) is 9.78 Å². The van der Waals surface area contributed by atoms with Crippen molar-refractivity contribution in [1.29, 1.82) is 0 Å². The molecule has 1 heterocycles. The van der Waals surface area contributed by atoms with Crippen molar-refractivity contribution in [2.24, 2.45) is 7.05 Å². The molecular formula is C18H14F3N3O2. The molecule has 0 bridgehead atoms. The second-order valence-corrected chi connectivity index (χ2v) is 5.69. The molecule has 0 atom stereocenters. The zero-order valence-corrected chi connectivity index (χ0v) is 13.7. The molecule has 0 fully saturated rings. The maximum absolute atomic E-state index is 13.0. The molecule has 0 aliphatic heterocycles. The summed E-state index contributed by atoms with van der Waals surface area (Å²) in [7, 11) is 1.45. The van der Waals surface area contributed by atoms with E-state index in [0.29, 0.717) is 16.5 Å². The van der Waals surface area contributed by atoms with Gasteiger partial charge in [0.1, 0.15) is 0 Å². The zero-order valence-electron chi connectivity index (χ0n) is 13.7. The molecule has 3 rings (SSSR count). The molecular weight excluding hydrogens is 347 g/mol. The molecule has 0 radical (unpaired) electrons. The average molecular weight is 361 g/mol. The summed E-state index contributed by atoms with van der Waals surface area (Å²) in [5.74, 6) is -0.655. The van der Waals surface area contributed by atoms with Crippen LogP contribution in [0.4, 0.5) is 18.9 Å². The topological polar surface area (TPSA) is 64.0 Å². The summed E-state index contributed by atoms with van der Waals surface area (Å²) in [4.78, 5) is 24.4. The van der Waals surface area contributed by atoms with E-state index in [1.807, 2.05) is 0 Å². The fraction of sp³-hybridized carbons (Fsp3) is 0.167. The van der Waals surface area contributed by atoms with Crippen LogP contribution in [0.5, 0.6) is 0 Å². The molecule has 26 heavy (non-hydrogen) atoms. The number of amides is 1. The number of halogens is 3. The number of aromatic nitrogens is 2. The number of alkyl halides is 3. The third kappa shape index (κ3) is 3.44. The van der Waals surface area contributed by atoms with Gasteiger partial charge in [-0.1, -0.05) is 30.3 Å². The number of hydrogen-bond acceptors (Lipinski definition) is 3. The van der Waals surface area contributed by atoms with Crippen LogP contribution in [0.2, 0.25) is 0 Å². The average Bonchev–Trinajstić information content (AvgIpc) is 2.59. The SMILES string of the molecule is Cn1nc(CC(=O)Nc2ccccc2C(F)(F)F)c2ccccc2c1=O. The first-order valence-corrected chi connectivity index (χ1v) is 7.68. The largest absolute Gasteiger partial charge is 0.418 e. The summed E-state index contributed by atoms with van der Waals surface area (Å²) in [5, 5.41) is 7.24. The van der Waals surface area contributed by atoms with Crippen LogP contribution >= 0.6 is 0 Å². The van der Waals surface area contributed by atoms with Crippen molar-refractivity contribution < 1.29 is 18.0 Å². The van der Waals surface area contributed by atoms with Gasteiger partial charge in [-0.25, -0.2) is 4.68 Å². The second kappa shape index (κ2) is 6.62. The van der Waals surface area contributed by atoms with Crippen molar-refractivity contribution in [3.8, 4) is 0 Å². The van der Waals surface area contributed by atoms with Gasteiger partial charge in [0.15, 0.2) is 0 Å². The molecule has 134 valence electrons. The minimum absolute atomic E-state index is 0.263. The van der Waals surface area contributed by atoms with E-state index in [4.69, 9.17) is 0 Å². The third-order valence-electron chi connectivity index (χ3n) is 3.87. The third-order valence-corrected chi connectivity index (χ3v) is 3.87. The highest BCUT2D eigenvalue weighted by atomic mass is 19.4. The van der Waals surface area contributed by atoms with Gasteiger partial charge in [0.05, 0.1) is 28.8 Å². The van der Waals surface area contributed by atoms with Crippen molar-refractivity contribution in [2.45, 2.75) is 12.6 Å². The lowest BCUT2D eigenvalue weighted by atomic mass is 10.1. The molecule has 0 saturated heterocycles. The number of hydrogen-bond donors (Lipinski definition) is 1. The van der Waals surface area contributed by atoms with E-state index < -0.39 is 17.6 Å². The van der Waals surface area contributed by atoms with Crippen molar-refractivity contribution >= 4 is 22.4 Å². The lowest BCUT2D eigenvalue weighted by Crippen LogP contribution is -2.24. The number of para-hydroxylation sites is 1. The van der Waals surface area contributed by atoms with E-state index in [-0.39, 0.29) is 17.7 Å². The van der Waals surface area contributed by atoms with Gasteiger partial charge in [-0.2, -0.15) is 18.3 Å². The Labute approximate surface area is 146 Å². The Morgan fingerprint density at radius 3 is 2.38 bits per heavy atom. The smallest absolute Gasteiger partial charge is 0.325 e. The molecule has 0 saturated carbocycles. The Kier molecular flexibility index (Phi) is 4.50. The minimum Gasteiger partial charge on any atom is -0.325 e. The summed E-state index contributed by atoms with van der Waals surface area (Å²) in [6.45, 7) is 0. The number of aryl methyl sites for hydroxylation is 1. The summed E-state index contributed by atoms with van der Waals surface area (Å²) < 4.78 is 40.2. The quantitative estimate of drug-likeness (QED) is 0.780. The molecule has 5 nitrogen and oxygen atoms in total. The first kappa shape index (κ1) is 17.7. The molecule has 0 spiro atoms. The first-order valence-electron chi connectivity index (χ1n) is 7.68. The van der Waals surface area contributed by atoms with Gasteiger partial charge < -0.3 is 5.32 Å². The zero-order chi connectivity index (χ0) is 18.9.